The minimum atomic E-state index is -0.175. The molecule has 7 aromatic rings. The van der Waals surface area contributed by atoms with E-state index in [1.165, 1.54) is 0 Å². The average Bonchev–Trinajstić information content (AvgIpc) is 1.58. The van der Waals surface area contributed by atoms with Gasteiger partial charge >= 0.3 is 23.1 Å². The second kappa shape index (κ2) is 33.0. The van der Waals surface area contributed by atoms with Crippen LogP contribution in [-0.2, 0) is 4.74 Å². The predicted octanol–water partition coefficient (Wildman–Crippen LogP) is 20.5. The van der Waals surface area contributed by atoms with Crippen LogP contribution in [0.15, 0.2) is 60.7 Å². The molecule has 7 heterocycles. The van der Waals surface area contributed by atoms with Crippen molar-refractivity contribution in [3.05, 3.63) is 71.8 Å². The molecule has 0 saturated carbocycles. The SMILES string of the molecule is CCCCC(CC)Oc1cc2c(cc1OC(CC)CCCC)-c1nc-2nc2[n-]c(nc3nc(nc4[n-]c(n1)c1cc5c(cc41)[C@H]1C=C[C@@H]5O1)-c1cc(OC(CC)CCCC)c(OC(CC)CCCC)cc1-3)c1cc(OC(CC)CCCC)c(OC(CC)CCCC)cc21.[Mg+2]. The topological polar surface area (TPSA) is 170 Å². The first-order valence-corrected chi connectivity index (χ1v) is 36.3. The van der Waals surface area contributed by atoms with Gasteiger partial charge in [0.1, 0.15) is 12.2 Å². The Morgan fingerprint density at radius 3 is 0.766 bits per heavy atom. The first-order valence-electron chi connectivity index (χ1n) is 36.3. The number of hydrogen-bond acceptors (Lipinski definition) is 13. The summed E-state index contributed by atoms with van der Waals surface area (Å²) in [5.74, 6) is 5.63. The van der Waals surface area contributed by atoms with E-state index in [-0.39, 0.29) is 71.9 Å². The van der Waals surface area contributed by atoms with E-state index < -0.39 is 0 Å². The zero-order chi connectivity index (χ0) is 65.1. The monoisotopic (exact) mass is 1290 g/mol. The number of fused-ring (bicyclic) bond motifs is 25. The third kappa shape index (κ3) is 15.5. The zero-order valence-electron chi connectivity index (χ0n) is 58.5. The summed E-state index contributed by atoms with van der Waals surface area (Å²) in [6.45, 7) is 26.5. The van der Waals surface area contributed by atoms with Gasteiger partial charge < -0.3 is 63.1 Å². The van der Waals surface area contributed by atoms with Crippen LogP contribution < -0.4 is 38.4 Å². The molecule has 0 radical (unpaired) electrons. The van der Waals surface area contributed by atoms with E-state index in [0.717, 1.165) is 209 Å². The molecule has 15 nitrogen and oxygen atoms in total. The number of nitrogens with zero attached hydrogens (tertiary/aromatic N) is 8. The Hall–Kier alpha value is -6.49. The smallest absolute Gasteiger partial charge is 0.487 e. The van der Waals surface area contributed by atoms with Crippen molar-refractivity contribution in [2.24, 2.45) is 0 Å². The minimum absolute atomic E-state index is 0. The molecule has 94 heavy (non-hydrogen) atoms. The van der Waals surface area contributed by atoms with Crippen molar-refractivity contribution >= 4 is 67.2 Å². The van der Waals surface area contributed by atoms with Gasteiger partial charge in [-0.1, -0.05) is 172 Å². The molecule has 0 fully saturated rings. The largest absolute Gasteiger partial charge is 2.00 e. The Morgan fingerprint density at radius 2 is 0.543 bits per heavy atom. The van der Waals surface area contributed by atoms with Gasteiger partial charge in [0.05, 0.1) is 59.9 Å². The molecule has 3 aromatic heterocycles. The third-order valence-electron chi connectivity index (χ3n) is 19.2. The van der Waals surface area contributed by atoms with E-state index in [4.69, 9.17) is 73.0 Å². The van der Waals surface area contributed by atoms with Crippen molar-refractivity contribution in [1.29, 1.82) is 0 Å². The molecule has 0 saturated heterocycles. The zero-order valence-corrected chi connectivity index (χ0v) is 59.9. The summed E-state index contributed by atoms with van der Waals surface area (Å²) in [5, 5.41) is 3.11. The minimum Gasteiger partial charge on any atom is -0.487 e. The van der Waals surface area contributed by atoms with Gasteiger partial charge in [0.2, 0.25) is 0 Å². The first-order chi connectivity index (χ1) is 45.5. The van der Waals surface area contributed by atoms with Crippen molar-refractivity contribution in [3.63, 3.8) is 0 Å². The maximum Gasteiger partial charge on any atom is 2.00 e. The van der Waals surface area contributed by atoms with Crippen LogP contribution in [0.4, 0.5) is 0 Å². The molecule has 0 aliphatic carbocycles. The number of hydrogen-bond donors (Lipinski definition) is 0. The Balaban J connectivity index is 0.00000964. The van der Waals surface area contributed by atoms with Gasteiger partial charge in [-0.05, 0) is 158 Å². The summed E-state index contributed by atoms with van der Waals surface area (Å²) >= 11 is 0. The van der Waals surface area contributed by atoms with Gasteiger partial charge in [-0.3, -0.25) is 0 Å². The van der Waals surface area contributed by atoms with Crippen LogP contribution in [0.5, 0.6) is 34.5 Å². The normalized spacial score (nSPS) is 16.3. The predicted molar refractivity (Wildman–Crippen MR) is 381 cm³/mol. The Morgan fingerprint density at radius 1 is 0.319 bits per heavy atom. The summed E-state index contributed by atoms with van der Waals surface area (Å²) < 4.78 is 49.2. The molecular formula is C78H102MgN8O7. The van der Waals surface area contributed by atoms with E-state index in [1.807, 2.05) is 0 Å². The van der Waals surface area contributed by atoms with Crippen LogP contribution in [0.3, 0.4) is 0 Å². The van der Waals surface area contributed by atoms with Crippen LogP contribution in [-0.4, -0.2) is 89.6 Å². The maximum atomic E-state index is 7.13. The van der Waals surface area contributed by atoms with Crippen molar-refractivity contribution in [1.82, 2.24) is 39.9 Å². The fourth-order valence-corrected chi connectivity index (χ4v) is 13.4. The number of benzene rings is 4. The molecule has 0 amide bonds. The van der Waals surface area contributed by atoms with Gasteiger partial charge in [-0.15, -0.1) is 0 Å². The average molecular weight is 1290 g/mol. The molecule has 4 aromatic carbocycles. The third-order valence-corrected chi connectivity index (χ3v) is 19.2. The van der Waals surface area contributed by atoms with Gasteiger partial charge in [0.15, 0.2) is 34.5 Å². The van der Waals surface area contributed by atoms with Gasteiger partial charge in [-0.2, -0.15) is 0 Å². The molecule has 498 valence electrons. The van der Waals surface area contributed by atoms with E-state index >= 15 is 0 Å². The second-order valence-corrected chi connectivity index (χ2v) is 26.1. The summed E-state index contributed by atoms with van der Waals surface area (Å²) in [4.78, 5) is 44.1. The Labute approximate surface area is 574 Å². The van der Waals surface area contributed by atoms with Crippen molar-refractivity contribution < 1.29 is 33.2 Å². The molecule has 8 atom stereocenters. The van der Waals surface area contributed by atoms with Crippen LogP contribution in [0.2, 0.25) is 0 Å². The molecule has 4 aliphatic rings. The summed E-state index contributed by atoms with van der Waals surface area (Å²) in [5.41, 5.74) is 6.91. The van der Waals surface area contributed by atoms with Crippen molar-refractivity contribution in [2.75, 3.05) is 0 Å². The fourth-order valence-electron chi connectivity index (χ4n) is 13.4. The second-order valence-electron chi connectivity index (χ2n) is 26.1. The molecule has 4 aliphatic heterocycles. The maximum absolute atomic E-state index is 7.13. The van der Waals surface area contributed by atoms with E-state index in [2.05, 4.69) is 144 Å². The molecule has 11 rings (SSSR count). The summed E-state index contributed by atoms with van der Waals surface area (Å²) in [6, 6.07) is 16.8. The fraction of sp³-hybridized carbons (Fsp3) is 0.564. The molecule has 16 heteroatoms. The quantitative estimate of drug-likeness (QED) is 0.0268. The van der Waals surface area contributed by atoms with Crippen LogP contribution in [0.25, 0.3) is 89.7 Å². The standard InChI is InChI=1S/C78H102N8O7.Mg/c1-13-25-31-47(19-7)87-65-41-57-59(43-67(65)89-49(21-9)33-27-15-3)75-82-73(57)80-71-55-39-53-54(64-38-37-63(53)93-64)40-56(55)72(79-71)81-74-58-42-66(88-48(20-8)32-26-14-2)68(90-50(22-10)34-28-16-4)44-60(58)76(83-74)85-78-62-46-70(92-52(24-12)36-30-18-6)69(45-61(62)77(84-75)86-78)91-51(23-11)35-29-17-5;/h37-52,63-64H,13-36H2,1-12H3;/q-2;+2/t47?,48?,49?,50?,51?,52?,63-,64+;. The molecule has 10 bridgehead atoms. The van der Waals surface area contributed by atoms with Gasteiger partial charge in [0.25, 0.3) is 0 Å². The van der Waals surface area contributed by atoms with Crippen molar-refractivity contribution in [3.8, 4) is 80.0 Å². The van der Waals surface area contributed by atoms with Crippen LogP contribution >= 0.6 is 0 Å². The van der Waals surface area contributed by atoms with E-state index in [0.29, 0.717) is 80.4 Å². The van der Waals surface area contributed by atoms with Crippen LogP contribution in [0, 0.1) is 0 Å². The molecule has 6 unspecified atom stereocenters. The van der Waals surface area contributed by atoms with Gasteiger partial charge in [-0.25, -0.2) is 9.97 Å². The molecular weight excluding hydrogens is 1190 g/mol. The number of rotatable bonds is 36. The Kier molecular flexibility index (Phi) is 24.7. The van der Waals surface area contributed by atoms with Crippen molar-refractivity contribution in [2.45, 2.75) is 286 Å². The van der Waals surface area contributed by atoms with E-state index in [9.17, 15) is 0 Å². The molecule has 0 spiro atoms. The van der Waals surface area contributed by atoms with Crippen LogP contribution in [0.1, 0.15) is 261 Å². The number of unbranched alkanes of at least 4 members (excludes halogenated alkanes) is 6. The summed E-state index contributed by atoms with van der Waals surface area (Å²) in [6.07, 6.45) is 26.9. The van der Waals surface area contributed by atoms with E-state index in [1.54, 1.807) is 0 Å². The number of aromatic nitrogens is 8. The number of ether oxygens (including phenoxy) is 7. The summed E-state index contributed by atoms with van der Waals surface area (Å²) in [7, 11) is 0. The first kappa shape index (κ1) is 70.3. The van der Waals surface area contributed by atoms with Gasteiger partial charge in [0, 0.05) is 44.8 Å². The Bertz CT molecular complexity index is 3680. The molecule has 0 N–H and O–H groups in total.